The Morgan fingerprint density at radius 2 is 2.17 bits per heavy atom. The highest BCUT2D eigenvalue weighted by Crippen LogP contribution is 2.18. The van der Waals surface area contributed by atoms with E-state index in [1.165, 1.54) is 12.3 Å². The first-order chi connectivity index (χ1) is 10.9. The van der Waals surface area contributed by atoms with E-state index in [0.717, 1.165) is 12.3 Å². The van der Waals surface area contributed by atoms with E-state index in [4.69, 9.17) is 0 Å². The lowest BCUT2D eigenvalue weighted by molar-refractivity contribution is -0.384. The molecule has 0 aliphatic carbocycles. The lowest BCUT2D eigenvalue weighted by atomic mass is 10.1. The second-order valence-electron chi connectivity index (χ2n) is 5.64. The molecule has 0 fully saturated rings. The lowest BCUT2D eigenvalue weighted by Crippen LogP contribution is -2.30. The van der Waals surface area contributed by atoms with E-state index in [1.807, 2.05) is 0 Å². The predicted molar refractivity (Wildman–Crippen MR) is 89.9 cm³/mol. The molecule has 23 heavy (non-hydrogen) atoms. The highest BCUT2D eigenvalue weighted by molar-refractivity contribution is 5.94. The topological polar surface area (TPSA) is 102 Å². The molecule has 0 saturated carbocycles. The molecule has 0 unspecified atom stereocenters. The molecule has 0 spiro atoms. The Balaban J connectivity index is 2.78. The van der Waals surface area contributed by atoms with Crippen LogP contribution in [-0.2, 0) is 6.54 Å². The molecule has 0 aliphatic heterocycles. The second-order valence-corrected chi connectivity index (χ2v) is 5.64. The Morgan fingerprint density at radius 3 is 2.70 bits per heavy atom. The van der Waals surface area contributed by atoms with Crippen LogP contribution in [0.2, 0.25) is 0 Å². The fourth-order valence-corrected chi connectivity index (χ4v) is 2.10. The molecule has 0 aliphatic rings. The van der Waals surface area contributed by atoms with Gasteiger partial charge in [0, 0.05) is 39.7 Å². The average Bonchev–Trinajstić information content (AvgIpc) is 2.94. The summed E-state index contributed by atoms with van der Waals surface area (Å²) in [5, 5.41) is 16.7. The largest absolute Gasteiger partial charge is 0.377 e. The monoisotopic (exact) mass is 323 g/mol. The number of rotatable bonds is 8. The fraction of sp³-hybridized carbons (Fsp3) is 0.600. The van der Waals surface area contributed by atoms with Crippen LogP contribution in [-0.4, -0.2) is 41.9 Å². The van der Waals surface area contributed by atoms with E-state index >= 15 is 0 Å². The van der Waals surface area contributed by atoms with Crippen molar-refractivity contribution in [2.75, 3.05) is 20.6 Å². The summed E-state index contributed by atoms with van der Waals surface area (Å²) in [6.45, 7) is 5.13. The van der Waals surface area contributed by atoms with Crippen molar-refractivity contribution in [3.05, 3.63) is 28.1 Å². The van der Waals surface area contributed by atoms with Crippen LogP contribution in [0, 0.1) is 16.0 Å². The minimum atomic E-state index is -0.481. The third-order valence-corrected chi connectivity index (χ3v) is 3.48. The zero-order valence-electron chi connectivity index (χ0n) is 14.1. The van der Waals surface area contributed by atoms with E-state index < -0.39 is 4.92 Å². The number of hydrogen-bond acceptors (Lipinski definition) is 4. The van der Waals surface area contributed by atoms with E-state index in [0.29, 0.717) is 31.1 Å². The third kappa shape index (κ3) is 5.72. The quantitative estimate of drug-likeness (QED) is 0.330. The Morgan fingerprint density at radius 1 is 1.48 bits per heavy atom. The van der Waals surface area contributed by atoms with Gasteiger partial charge in [-0.2, -0.15) is 0 Å². The van der Waals surface area contributed by atoms with Crippen molar-refractivity contribution in [3.8, 4) is 0 Å². The number of amides is 1. The third-order valence-electron chi connectivity index (χ3n) is 3.48. The van der Waals surface area contributed by atoms with E-state index in [9.17, 15) is 14.9 Å². The number of carbonyl (C=O) groups excluding carboxylic acids is 1. The molecule has 128 valence electrons. The van der Waals surface area contributed by atoms with E-state index in [2.05, 4.69) is 29.5 Å². The maximum absolute atomic E-state index is 12.3. The average molecular weight is 323 g/mol. The van der Waals surface area contributed by atoms with Crippen LogP contribution in [0.4, 0.5) is 5.69 Å². The molecule has 1 amide bonds. The molecule has 8 heteroatoms. The molecule has 0 radical (unpaired) electrons. The van der Waals surface area contributed by atoms with Crippen molar-refractivity contribution in [2.45, 2.75) is 33.2 Å². The first-order valence-corrected chi connectivity index (χ1v) is 7.65. The van der Waals surface area contributed by atoms with Gasteiger partial charge in [0.25, 0.3) is 11.6 Å². The summed E-state index contributed by atoms with van der Waals surface area (Å²) in [5.74, 6) is 0.922. The highest BCUT2D eigenvalue weighted by Gasteiger charge is 2.19. The smallest absolute Gasteiger partial charge is 0.287 e. The summed E-state index contributed by atoms with van der Waals surface area (Å²) in [6.07, 6.45) is 2.84. The number of nitrogens with one attached hydrogen (secondary N) is 2. The van der Waals surface area contributed by atoms with Gasteiger partial charge in [0.05, 0.1) is 17.0 Å². The van der Waals surface area contributed by atoms with Crippen LogP contribution in [0.15, 0.2) is 17.3 Å². The Labute approximate surface area is 136 Å². The highest BCUT2D eigenvalue weighted by atomic mass is 16.6. The van der Waals surface area contributed by atoms with Crippen LogP contribution in [0.1, 0.15) is 37.2 Å². The van der Waals surface area contributed by atoms with Gasteiger partial charge in [-0.3, -0.25) is 19.9 Å². The van der Waals surface area contributed by atoms with Gasteiger partial charge in [-0.05, 0) is 12.3 Å². The van der Waals surface area contributed by atoms with Crippen molar-refractivity contribution in [2.24, 2.45) is 10.9 Å². The maximum Gasteiger partial charge on any atom is 0.287 e. The van der Waals surface area contributed by atoms with Crippen molar-refractivity contribution in [3.63, 3.8) is 0 Å². The standard InChI is InChI=1S/C15H25N5O3/c1-11(2)6-8-19-10-12(20(22)23)9-13(19)15(21)18-7-5-14(16-3)17-4/h9-11H,5-8H2,1-4H3,(H,16,17)(H,18,21). The van der Waals surface area contributed by atoms with E-state index in [-0.39, 0.29) is 11.6 Å². The van der Waals surface area contributed by atoms with Crippen molar-refractivity contribution >= 4 is 17.4 Å². The van der Waals surface area contributed by atoms with Gasteiger partial charge in [-0.25, -0.2) is 0 Å². The number of amidine groups is 1. The van der Waals surface area contributed by atoms with E-state index in [1.54, 1.807) is 18.7 Å². The number of carbonyl (C=O) groups is 1. The minimum absolute atomic E-state index is 0.0649. The second kappa shape index (κ2) is 8.92. The van der Waals surface area contributed by atoms with Gasteiger partial charge in [0.1, 0.15) is 5.69 Å². The van der Waals surface area contributed by atoms with Gasteiger partial charge >= 0.3 is 0 Å². The minimum Gasteiger partial charge on any atom is -0.377 e. The zero-order valence-corrected chi connectivity index (χ0v) is 14.1. The van der Waals surface area contributed by atoms with Gasteiger partial charge in [0.2, 0.25) is 0 Å². The van der Waals surface area contributed by atoms with Gasteiger partial charge in [-0.1, -0.05) is 13.8 Å². The number of aromatic nitrogens is 1. The molecule has 0 bridgehead atoms. The summed E-state index contributed by atoms with van der Waals surface area (Å²) >= 11 is 0. The summed E-state index contributed by atoms with van der Waals surface area (Å²) in [4.78, 5) is 26.8. The molecular formula is C15H25N5O3. The number of nitro groups is 1. The Hall–Kier alpha value is -2.38. The molecule has 8 nitrogen and oxygen atoms in total. The molecule has 0 aromatic carbocycles. The molecule has 1 rings (SSSR count). The van der Waals surface area contributed by atoms with Crippen molar-refractivity contribution < 1.29 is 9.72 Å². The molecule has 1 aromatic heterocycles. The Bertz CT molecular complexity index is 578. The molecule has 1 aromatic rings. The predicted octanol–water partition coefficient (Wildman–Crippen LogP) is 1.81. The number of aliphatic imine (C=N–C) groups is 1. The van der Waals surface area contributed by atoms with Gasteiger partial charge in [0.15, 0.2) is 0 Å². The maximum atomic E-state index is 12.3. The Kier molecular flexibility index (Phi) is 7.24. The number of aryl methyl sites for hydroxylation is 1. The lowest BCUT2D eigenvalue weighted by Gasteiger charge is -2.11. The molecular weight excluding hydrogens is 298 g/mol. The summed E-state index contributed by atoms with van der Waals surface area (Å²) in [7, 11) is 3.44. The normalized spacial score (nSPS) is 11.6. The molecule has 2 N–H and O–H groups in total. The van der Waals surface area contributed by atoms with Crippen molar-refractivity contribution in [1.82, 2.24) is 15.2 Å². The molecule has 1 heterocycles. The summed E-state index contributed by atoms with van der Waals surface area (Å²) in [5.41, 5.74) is 0.252. The van der Waals surface area contributed by atoms with Crippen LogP contribution in [0.3, 0.4) is 0 Å². The zero-order chi connectivity index (χ0) is 17.4. The van der Waals surface area contributed by atoms with Crippen LogP contribution in [0.5, 0.6) is 0 Å². The van der Waals surface area contributed by atoms with Gasteiger partial charge in [-0.15, -0.1) is 0 Å². The van der Waals surface area contributed by atoms with Crippen LogP contribution in [0.25, 0.3) is 0 Å². The van der Waals surface area contributed by atoms with Crippen LogP contribution < -0.4 is 10.6 Å². The first kappa shape index (κ1) is 18.7. The van der Waals surface area contributed by atoms with Gasteiger partial charge < -0.3 is 15.2 Å². The number of nitrogens with zero attached hydrogens (tertiary/aromatic N) is 3. The summed E-state index contributed by atoms with van der Waals surface area (Å²) < 4.78 is 1.65. The molecule has 0 atom stereocenters. The first-order valence-electron chi connectivity index (χ1n) is 7.65. The molecule has 0 saturated heterocycles. The summed E-state index contributed by atoms with van der Waals surface area (Å²) in [6, 6.07) is 1.32. The van der Waals surface area contributed by atoms with Crippen molar-refractivity contribution in [1.29, 1.82) is 0 Å². The SMILES string of the molecule is CN=C(CCNC(=O)c1cc([N+](=O)[O-])cn1CCC(C)C)NC. The number of hydrogen-bond donors (Lipinski definition) is 2. The van der Waals surface area contributed by atoms with Crippen LogP contribution >= 0.6 is 0 Å². The fourth-order valence-electron chi connectivity index (χ4n) is 2.10.